The Bertz CT molecular complexity index is 422. The summed E-state index contributed by atoms with van der Waals surface area (Å²) in [7, 11) is 0. The zero-order valence-corrected chi connectivity index (χ0v) is 8.95. The number of nitrogens with zero attached hydrogens (tertiary/aromatic N) is 2. The van der Waals surface area contributed by atoms with Crippen LogP contribution in [0.15, 0.2) is 28.9 Å². The van der Waals surface area contributed by atoms with E-state index in [1.165, 1.54) is 0 Å². The first-order chi connectivity index (χ1) is 7.24. The van der Waals surface area contributed by atoms with E-state index in [4.69, 9.17) is 16.0 Å². The average molecular weight is 224 g/mol. The molecule has 15 heavy (non-hydrogen) atoms. The monoisotopic (exact) mass is 223 g/mol. The second-order valence-corrected chi connectivity index (χ2v) is 3.43. The standard InChI is InChI=1S/C10H10ClN3O/c1-7-5-9(14-10(11)13-7)12-6-8-3-2-4-15-8/h2-5H,6H2,1H3,(H,12,13,14). The van der Waals surface area contributed by atoms with E-state index in [-0.39, 0.29) is 5.28 Å². The van der Waals surface area contributed by atoms with Gasteiger partial charge < -0.3 is 9.73 Å². The van der Waals surface area contributed by atoms with Crippen molar-refractivity contribution in [2.45, 2.75) is 13.5 Å². The average Bonchev–Trinajstić information content (AvgIpc) is 2.65. The molecule has 0 aliphatic rings. The minimum atomic E-state index is 0.247. The van der Waals surface area contributed by atoms with Gasteiger partial charge in [0, 0.05) is 11.8 Å². The fourth-order valence-electron chi connectivity index (χ4n) is 1.21. The maximum atomic E-state index is 5.73. The second-order valence-electron chi connectivity index (χ2n) is 3.10. The van der Waals surface area contributed by atoms with Crippen molar-refractivity contribution in [1.82, 2.24) is 9.97 Å². The van der Waals surface area contributed by atoms with Gasteiger partial charge in [-0.2, -0.15) is 0 Å². The smallest absolute Gasteiger partial charge is 0.224 e. The number of aromatic nitrogens is 2. The molecule has 0 atom stereocenters. The summed E-state index contributed by atoms with van der Waals surface area (Å²) in [5, 5.41) is 3.35. The maximum Gasteiger partial charge on any atom is 0.224 e. The van der Waals surface area contributed by atoms with Gasteiger partial charge in [0.2, 0.25) is 5.28 Å². The van der Waals surface area contributed by atoms with E-state index in [0.29, 0.717) is 12.4 Å². The van der Waals surface area contributed by atoms with Crippen LogP contribution in [0.5, 0.6) is 0 Å². The van der Waals surface area contributed by atoms with Gasteiger partial charge in [-0.15, -0.1) is 0 Å². The molecule has 0 unspecified atom stereocenters. The van der Waals surface area contributed by atoms with Gasteiger partial charge in [0.05, 0.1) is 12.8 Å². The Hall–Kier alpha value is -1.55. The fraction of sp³-hybridized carbons (Fsp3) is 0.200. The second kappa shape index (κ2) is 4.31. The van der Waals surface area contributed by atoms with Crippen LogP contribution in [0, 0.1) is 6.92 Å². The van der Waals surface area contributed by atoms with Crippen molar-refractivity contribution in [2.24, 2.45) is 0 Å². The van der Waals surface area contributed by atoms with Crippen LogP contribution in [0.25, 0.3) is 0 Å². The SMILES string of the molecule is Cc1cc(NCc2ccco2)nc(Cl)n1. The molecule has 0 aliphatic heterocycles. The normalized spacial score (nSPS) is 10.3. The third-order valence-corrected chi connectivity index (χ3v) is 2.02. The predicted octanol–water partition coefficient (Wildman–Crippen LogP) is 2.64. The van der Waals surface area contributed by atoms with E-state index in [1.807, 2.05) is 25.1 Å². The maximum absolute atomic E-state index is 5.73. The molecule has 0 aliphatic carbocycles. The van der Waals surface area contributed by atoms with Crippen LogP contribution >= 0.6 is 11.6 Å². The first-order valence-corrected chi connectivity index (χ1v) is 4.89. The molecule has 0 saturated carbocycles. The van der Waals surface area contributed by atoms with Gasteiger partial charge in [0.15, 0.2) is 0 Å². The van der Waals surface area contributed by atoms with Crippen molar-refractivity contribution in [3.63, 3.8) is 0 Å². The number of nitrogens with one attached hydrogen (secondary N) is 1. The minimum absolute atomic E-state index is 0.247. The highest BCUT2D eigenvalue weighted by Gasteiger charge is 2.00. The van der Waals surface area contributed by atoms with Gasteiger partial charge in [-0.3, -0.25) is 0 Å². The molecule has 0 spiro atoms. The number of furan rings is 1. The molecule has 0 saturated heterocycles. The first-order valence-electron chi connectivity index (χ1n) is 4.51. The van der Waals surface area contributed by atoms with Crippen LogP contribution in [0.4, 0.5) is 5.82 Å². The molecule has 0 fully saturated rings. The summed E-state index contributed by atoms with van der Waals surface area (Å²) < 4.78 is 5.18. The summed E-state index contributed by atoms with van der Waals surface area (Å²) in [5.74, 6) is 1.55. The Morgan fingerprint density at radius 1 is 1.47 bits per heavy atom. The van der Waals surface area contributed by atoms with E-state index in [2.05, 4.69) is 15.3 Å². The molecule has 5 heteroatoms. The summed E-state index contributed by atoms with van der Waals surface area (Å²) >= 11 is 5.73. The summed E-state index contributed by atoms with van der Waals surface area (Å²) in [6, 6.07) is 5.56. The largest absolute Gasteiger partial charge is 0.467 e. The minimum Gasteiger partial charge on any atom is -0.467 e. The quantitative estimate of drug-likeness (QED) is 0.813. The van der Waals surface area contributed by atoms with E-state index in [9.17, 15) is 0 Å². The Balaban J connectivity index is 2.05. The molecule has 1 N–H and O–H groups in total. The van der Waals surface area contributed by atoms with Crippen LogP contribution < -0.4 is 5.32 Å². The number of hydrogen-bond donors (Lipinski definition) is 1. The third kappa shape index (κ3) is 2.70. The van der Waals surface area contributed by atoms with Gasteiger partial charge in [-0.05, 0) is 30.7 Å². The Morgan fingerprint density at radius 3 is 3.00 bits per heavy atom. The van der Waals surface area contributed by atoms with E-state index < -0.39 is 0 Å². The number of hydrogen-bond acceptors (Lipinski definition) is 4. The van der Waals surface area contributed by atoms with Crippen molar-refractivity contribution >= 4 is 17.4 Å². The fourth-order valence-corrected chi connectivity index (χ4v) is 1.44. The number of rotatable bonds is 3. The predicted molar refractivity (Wildman–Crippen MR) is 57.8 cm³/mol. The molecule has 2 aromatic heterocycles. The van der Waals surface area contributed by atoms with Gasteiger partial charge in [-0.25, -0.2) is 9.97 Å². The summed E-state index contributed by atoms with van der Waals surface area (Å²) in [4.78, 5) is 8.01. The lowest BCUT2D eigenvalue weighted by molar-refractivity contribution is 0.518. The molecule has 0 bridgehead atoms. The molecule has 2 rings (SSSR count). The highest BCUT2D eigenvalue weighted by molar-refractivity contribution is 6.28. The van der Waals surface area contributed by atoms with Gasteiger partial charge in [-0.1, -0.05) is 0 Å². The van der Waals surface area contributed by atoms with Crippen molar-refractivity contribution < 1.29 is 4.42 Å². The zero-order chi connectivity index (χ0) is 10.7. The number of aryl methyl sites for hydroxylation is 1. The molecule has 0 radical (unpaired) electrons. The van der Waals surface area contributed by atoms with Crippen LogP contribution in [0.1, 0.15) is 11.5 Å². The van der Waals surface area contributed by atoms with Crippen molar-refractivity contribution in [2.75, 3.05) is 5.32 Å². The molecule has 0 aromatic carbocycles. The lowest BCUT2D eigenvalue weighted by atomic mass is 10.4. The molecule has 0 amide bonds. The zero-order valence-electron chi connectivity index (χ0n) is 8.20. The molecule has 2 aromatic rings. The van der Waals surface area contributed by atoms with E-state index in [1.54, 1.807) is 6.26 Å². The lowest BCUT2D eigenvalue weighted by Gasteiger charge is -2.04. The summed E-state index contributed by atoms with van der Waals surface area (Å²) in [5.41, 5.74) is 0.831. The van der Waals surface area contributed by atoms with Crippen molar-refractivity contribution in [1.29, 1.82) is 0 Å². The Morgan fingerprint density at radius 2 is 2.33 bits per heavy atom. The van der Waals surface area contributed by atoms with Gasteiger partial charge in [0.25, 0.3) is 0 Å². The lowest BCUT2D eigenvalue weighted by Crippen LogP contribution is -2.01. The van der Waals surface area contributed by atoms with Crippen LogP contribution in [-0.2, 0) is 6.54 Å². The van der Waals surface area contributed by atoms with Crippen LogP contribution in [0.3, 0.4) is 0 Å². The first kappa shape index (κ1) is 9.98. The topological polar surface area (TPSA) is 51.0 Å². The molecular formula is C10H10ClN3O. The molecule has 2 heterocycles. The van der Waals surface area contributed by atoms with Gasteiger partial charge in [0.1, 0.15) is 11.6 Å². The highest BCUT2D eigenvalue weighted by atomic mass is 35.5. The molecule has 4 nitrogen and oxygen atoms in total. The third-order valence-electron chi connectivity index (χ3n) is 1.85. The van der Waals surface area contributed by atoms with Crippen LogP contribution in [-0.4, -0.2) is 9.97 Å². The van der Waals surface area contributed by atoms with Gasteiger partial charge >= 0.3 is 0 Å². The summed E-state index contributed by atoms with van der Waals surface area (Å²) in [6.07, 6.45) is 1.63. The van der Waals surface area contributed by atoms with E-state index >= 15 is 0 Å². The Kier molecular flexibility index (Phi) is 2.87. The Labute approximate surface area is 92.3 Å². The van der Waals surface area contributed by atoms with Crippen molar-refractivity contribution in [3.8, 4) is 0 Å². The number of halogens is 1. The van der Waals surface area contributed by atoms with E-state index in [0.717, 1.165) is 11.5 Å². The number of anilines is 1. The highest BCUT2D eigenvalue weighted by Crippen LogP contribution is 2.11. The van der Waals surface area contributed by atoms with Crippen molar-refractivity contribution in [3.05, 3.63) is 41.2 Å². The molecular weight excluding hydrogens is 214 g/mol. The summed E-state index contributed by atoms with van der Waals surface area (Å²) in [6.45, 7) is 2.45. The molecule has 78 valence electrons. The van der Waals surface area contributed by atoms with Crippen LogP contribution in [0.2, 0.25) is 5.28 Å².